The predicted octanol–water partition coefficient (Wildman–Crippen LogP) is 2.29. The van der Waals surface area contributed by atoms with Crippen molar-refractivity contribution in [2.75, 3.05) is 5.73 Å². The Balaban J connectivity index is 2.33. The van der Waals surface area contributed by atoms with Crippen molar-refractivity contribution in [3.63, 3.8) is 0 Å². The molecule has 0 saturated carbocycles. The molecule has 0 atom stereocenters. The molecule has 2 rings (SSSR count). The van der Waals surface area contributed by atoms with Crippen LogP contribution < -0.4 is 5.73 Å². The van der Waals surface area contributed by atoms with E-state index in [-0.39, 0.29) is 0 Å². The molecule has 0 saturated heterocycles. The minimum Gasteiger partial charge on any atom is -0.399 e. The fourth-order valence-electron chi connectivity index (χ4n) is 1.32. The van der Waals surface area contributed by atoms with Crippen LogP contribution in [0.2, 0.25) is 0 Å². The minimum absolute atomic E-state index is 0.743. The van der Waals surface area contributed by atoms with Crippen molar-refractivity contribution in [2.45, 2.75) is 13.3 Å². The Labute approximate surface area is 89.0 Å². The summed E-state index contributed by atoms with van der Waals surface area (Å²) in [5.41, 5.74) is 8.50. The van der Waals surface area contributed by atoms with Crippen LogP contribution in [0.4, 0.5) is 5.69 Å². The third kappa shape index (κ3) is 2.13. The number of aryl methyl sites for hydroxylation is 1. The summed E-state index contributed by atoms with van der Waals surface area (Å²) < 4.78 is 0. The molecule has 0 aliphatic carbocycles. The first-order valence-electron chi connectivity index (χ1n) is 4.96. The lowest BCUT2D eigenvalue weighted by atomic mass is 10.2. The Kier molecular flexibility index (Phi) is 2.63. The zero-order chi connectivity index (χ0) is 10.7. The van der Waals surface area contributed by atoms with Crippen LogP contribution in [0.15, 0.2) is 36.7 Å². The zero-order valence-electron chi connectivity index (χ0n) is 8.64. The van der Waals surface area contributed by atoms with Crippen molar-refractivity contribution in [1.29, 1.82) is 0 Å². The summed E-state index contributed by atoms with van der Waals surface area (Å²) in [4.78, 5) is 8.60. The van der Waals surface area contributed by atoms with Gasteiger partial charge in [0.25, 0.3) is 0 Å². The quantitative estimate of drug-likeness (QED) is 0.755. The Morgan fingerprint density at radius 2 is 1.67 bits per heavy atom. The molecule has 1 aromatic heterocycles. The smallest absolute Gasteiger partial charge is 0.159 e. The third-order valence-corrected chi connectivity index (χ3v) is 2.28. The van der Waals surface area contributed by atoms with Gasteiger partial charge in [-0.2, -0.15) is 0 Å². The van der Waals surface area contributed by atoms with E-state index in [4.69, 9.17) is 5.73 Å². The first-order valence-corrected chi connectivity index (χ1v) is 4.96. The molecular weight excluding hydrogens is 186 g/mol. The second-order valence-electron chi connectivity index (χ2n) is 3.39. The highest BCUT2D eigenvalue weighted by Crippen LogP contribution is 2.15. The summed E-state index contributed by atoms with van der Waals surface area (Å²) in [6.45, 7) is 2.08. The number of nitrogens with zero attached hydrogens (tertiary/aromatic N) is 2. The van der Waals surface area contributed by atoms with Crippen LogP contribution in [-0.2, 0) is 6.42 Å². The molecule has 3 heteroatoms. The van der Waals surface area contributed by atoms with Gasteiger partial charge in [-0.1, -0.05) is 6.92 Å². The van der Waals surface area contributed by atoms with Gasteiger partial charge in [0, 0.05) is 23.6 Å². The van der Waals surface area contributed by atoms with Crippen molar-refractivity contribution >= 4 is 5.69 Å². The molecule has 0 fully saturated rings. The average molecular weight is 199 g/mol. The van der Waals surface area contributed by atoms with Gasteiger partial charge in [-0.3, -0.25) is 0 Å². The van der Waals surface area contributed by atoms with E-state index in [2.05, 4.69) is 16.9 Å². The minimum atomic E-state index is 0.743. The van der Waals surface area contributed by atoms with E-state index in [1.807, 2.05) is 36.7 Å². The van der Waals surface area contributed by atoms with Gasteiger partial charge in [-0.25, -0.2) is 9.97 Å². The van der Waals surface area contributed by atoms with Gasteiger partial charge in [0.15, 0.2) is 5.82 Å². The van der Waals surface area contributed by atoms with Crippen molar-refractivity contribution in [3.05, 3.63) is 42.2 Å². The SMILES string of the molecule is CCc1cnc(-c2ccc(N)cc2)nc1. The largest absolute Gasteiger partial charge is 0.399 e. The van der Waals surface area contributed by atoms with E-state index >= 15 is 0 Å². The number of benzene rings is 1. The Bertz CT molecular complexity index is 431. The Morgan fingerprint density at radius 1 is 1.07 bits per heavy atom. The van der Waals surface area contributed by atoms with Crippen LogP contribution in [0.25, 0.3) is 11.4 Å². The van der Waals surface area contributed by atoms with Crippen LogP contribution >= 0.6 is 0 Å². The van der Waals surface area contributed by atoms with Gasteiger partial charge < -0.3 is 5.73 Å². The van der Waals surface area contributed by atoms with E-state index in [0.29, 0.717) is 0 Å². The normalized spacial score (nSPS) is 10.2. The average Bonchev–Trinajstić information content (AvgIpc) is 2.30. The van der Waals surface area contributed by atoms with E-state index in [9.17, 15) is 0 Å². The Hall–Kier alpha value is -1.90. The fourth-order valence-corrected chi connectivity index (χ4v) is 1.32. The highest BCUT2D eigenvalue weighted by atomic mass is 14.9. The van der Waals surface area contributed by atoms with Crippen molar-refractivity contribution in [2.24, 2.45) is 0 Å². The molecule has 2 N–H and O–H groups in total. The Morgan fingerprint density at radius 3 is 2.20 bits per heavy atom. The van der Waals surface area contributed by atoms with Gasteiger partial charge in [-0.05, 0) is 36.2 Å². The molecule has 15 heavy (non-hydrogen) atoms. The highest BCUT2D eigenvalue weighted by molar-refractivity contribution is 5.58. The summed E-state index contributed by atoms with van der Waals surface area (Å²) in [6.07, 6.45) is 4.68. The summed E-state index contributed by atoms with van der Waals surface area (Å²) in [6, 6.07) is 7.56. The highest BCUT2D eigenvalue weighted by Gasteiger charge is 1.99. The maximum absolute atomic E-state index is 5.61. The summed E-state index contributed by atoms with van der Waals surface area (Å²) >= 11 is 0. The van der Waals surface area contributed by atoms with Gasteiger partial charge in [-0.15, -0.1) is 0 Å². The van der Waals surface area contributed by atoms with Gasteiger partial charge >= 0.3 is 0 Å². The number of aromatic nitrogens is 2. The number of nitrogens with two attached hydrogens (primary N) is 1. The van der Waals surface area contributed by atoms with Crippen LogP contribution in [-0.4, -0.2) is 9.97 Å². The maximum atomic E-state index is 5.61. The number of nitrogen functional groups attached to an aromatic ring is 1. The third-order valence-electron chi connectivity index (χ3n) is 2.28. The van der Waals surface area contributed by atoms with Crippen molar-refractivity contribution in [3.8, 4) is 11.4 Å². The number of anilines is 1. The molecule has 0 bridgehead atoms. The first-order chi connectivity index (χ1) is 7.29. The van der Waals surface area contributed by atoms with Crippen molar-refractivity contribution < 1.29 is 0 Å². The standard InChI is InChI=1S/C12H13N3/c1-2-9-7-14-12(15-8-9)10-3-5-11(13)6-4-10/h3-8H,2,13H2,1H3. The monoisotopic (exact) mass is 199 g/mol. The van der Waals surface area contributed by atoms with Gasteiger partial charge in [0.2, 0.25) is 0 Å². The molecule has 0 aliphatic heterocycles. The molecule has 1 aromatic carbocycles. The molecule has 0 unspecified atom stereocenters. The maximum Gasteiger partial charge on any atom is 0.159 e. The van der Waals surface area contributed by atoms with Gasteiger partial charge in [0.1, 0.15) is 0 Å². The summed E-state index contributed by atoms with van der Waals surface area (Å²) in [7, 11) is 0. The fraction of sp³-hybridized carbons (Fsp3) is 0.167. The second kappa shape index (κ2) is 4.09. The molecule has 0 amide bonds. The number of hydrogen-bond donors (Lipinski definition) is 1. The van der Waals surface area contributed by atoms with Crippen LogP contribution in [0.3, 0.4) is 0 Å². The molecule has 2 aromatic rings. The first kappa shape index (κ1) is 9.65. The zero-order valence-corrected chi connectivity index (χ0v) is 8.64. The lowest BCUT2D eigenvalue weighted by Gasteiger charge is -2.01. The predicted molar refractivity (Wildman–Crippen MR) is 61.3 cm³/mol. The molecule has 76 valence electrons. The van der Waals surface area contributed by atoms with E-state index < -0.39 is 0 Å². The van der Waals surface area contributed by atoms with Crippen molar-refractivity contribution in [1.82, 2.24) is 9.97 Å². The van der Waals surface area contributed by atoms with E-state index in [0.717, 1.165) is 29.1 Å². The van der Waals surface area contributed by atoms with E-state index in [1.54, 1.807) is 0 Å². The topological polar surface area (TPSA) is 51.8 Å². The van der Waals surface area contributed by atoms with Crippen LogP contribution in [0.1, 0.15) is 12.5 Å². The summed E-state index contributed by atoms with van der Waals surface area (Å²) in [5, 5.41) is 0. The van der Waals surface area contributed by atoms with Crippen LogP contribution in [0.5, 0.6) is 0 Å². The number of rotatable bonds is 2. The van der Waals surface area contributed by atoms with Gasteiger partial charge in [0.05, 0.1) is 0 Å². The lowest BCUT2D eigenvalue weighted by Crippen LogP contribution is -1.91. The molecule has 0 spiro atoms. The molecular formula is C12H13N3. The second-order valence-corrected chi connectivity index (χ2v) is 3.39. The van der Waals surface area contributed by atoms with E-state index in [1.165, 1.54) is 0 Å². The summed E-state index contributed by atoms with van der Waals surface area (Å²) in [5.74, 6) is 0.743. The lowest BCUT2D eigenvalue weighted by molar-refractivity contribution is 1.05. The number of hydrogen-bond acceptors (Lipinski definition) is 3. The van der Waals surface area contributed by atoms with Crippen LogP contribution in [0, 0.1) is 0 Å². The molecule has 0 aliphatic rings. The molecule has 0 radical (unpaired) electrons. The molecule has 3 nitrogen and oxygen atoms in total. The molecule has 1 heterocycles.